The standard InChI is InChI=1S/C13H9NO/c1-9-4-2-5-10-6-3-7-11(13(9)10)12(15)8-14/h2-7H,1H3. The summed E-state index contributed by atoms with van der Waals surface area (Å²) in [5.74, 6) is -0.477. The van der Waals surface area contributed by atoms with Crippen molar-refractivity contribution < 1.29 is 4.79 Å². The highest BCUT2D eigenvalue weighted by Crippen LogP contribution is 2.22. The quantitative estimate of drug-likeness (QED) is 0.518. The van der Waals surface area contributed by atoms with Crippen molar-refractivity contribution in [2.45, 2.75) is 6.92 Å². The highest BCUT2D eigenvalue weighted by Gasteiger charge is 2.09. The van der Waals surface area contributed by atoms with Crippen LogP contribution in [-0.4, -0.2) is 5.78 Å². The van der Waals surface area contributed by atoms with Crippen LogP contribution in [0.1, 0.15) is 15.9 Å². The van der Waals surface area contributed by atoms with Gasteiger partial charge in [0.15, 0.2) is 0 Å². The molecule has 0 atom stereocenters. The van der Waals surface area contributed by atoms with Crippen molar-refractivity contribution in [3.63, 3.8) is 0 Å². The summed E-state index contributed by atoms with van der Waals surface area (Å²) in [5, 5.41) is 10.5. The number of benzene rings is 2. The zero-order valence-corrected chi connectivity index (χ0v) is 8.32. The lowest BCUT2D eigenvalue weighted by Crippen LogP contribution is -1.96. The van der Waals surface area contributed by atoms with E-state index in [4.69, 9.17) is 5.26 Å². The summed E-state index contributed by atoms with van der Waals surface area (Å²) in [4.78, 5) is 11.4. The smallest absolute Gasteiger partial charge is 0.262 e. The van der Waals surface area contributed by atoms with Gasteiger partial charge in [0.25, 0.3) is 5.78 Å². The summed E-state index contributed by atoms with van der Waals surface area (Å²) < 4.78 is 0. The summed E-state index contributed by atoms with van der Waals surface area (Å²) in [7, 11) is 0. The van der Waals surface area contributed by atoms with Crippen molar-refractivity contribution in [2.24, 2.45) is 0 Å². The predicted octanol–water partition coefficient (Wildman–Crippen LogP) is 2.85. The minimum Gasteiger partial charge on any atom is -0.277 e. The summed E-state index contributed by atoms with van der Waals surface area (Å²) in [6.45, 7) is 1.94. The predicted molar refractivity (Wildman–Crippen MR) is 58.6 cm³/mol. The van der Waals surface area contributed by atoms with Gasteiger partial charge in [-0.3, -0.25) is 4.79 Å². The molecule has 2 nitrogen and oxygen atoms in total. The Balaban J connectivity index is 2.87. The fraction of sp³-hybridized carbons (Fsp3) is 0.0769. The molecule has 0 heterocycles. The van der Waals surface area contributed by atoms with E-state index in [0.717, 1.165) is 16.3 Å². The average Bonchev–Trinajstić information content (AvgIpc) is 2.28. The van der Waals surface area contributed by atoms with Crippen LogP contribution in [0.5, 0.6) is 0 Å². The van der Waals surface area contributed by atoms with Crippen LogP contribution in [0.15, 0.2) is 36.4 Å². The molecule has 2 aromatic carbocycles. The zero-order chi connectivity index (χ0) is 10.8. The van der Waals surface area contributed by atoms with Gasteiger partial charge in [-0.1, -0.05) is 30.3 Å². The summed E-state index contributed by atoms with van der Waals surface area (Å²) in [5.41, 5.74) is 1.51. The molecular weight excluding hydrogens is 186 g/mol. The second-order valence-corrected chi connectivity index (χ2v) is 3.42. The summed E-state index contributed by atoms with van der Waals surface area (Å²) >= 11 is 0. The summed E-state index contributed by atoms with van der Waals surface area (Å²) in [6, 6.07) is 12.9. The average molecular weight is 195 g/mol. The van der Waals surface area contributed by atoms with Crippen molar-refractivity contribution >= 4 is 16.6 Å². The fourth-order valence-electron chi connectivity index (χ4n) is 1.78. The number of Topliss-reactive ketones (excluding diaryl/α,β-unsaturated/α-hetero) is 1. The normalized spacial score (nSPS) is 9.87. The van der Waals surface area contributed by atoms with Gasteiger partial charge < -0.3 is 0 Å². The van der Waals surface area contributed by atoms with Crippen LogP contribution in [0.3, 0.4) is 0 Å². The molecule has 0 radical (unpaired) electrons. The molecule has 0 bridgehead atoms. The molecule has 0 aliphatic rings. The van der Waals surface area contributed by atoms with Gasteiger partial charge >= 0.3 is 0 Å². The molecular formula is C13H9NO. The van der Waals surface area contributed by atoms with Crippen LogP contribution >= 0.6 is 0 Å². The van der Waals surface area contributed by atoms with E-state index in [-0.39, 0.29) is 0 Å². The fourth-order valence-corrected chi connectivity index (χ4v) is 1.78. The van der Waals surface area contributed by atoms with Gasteiger partial charge in [0.2, 0.25) is 0 Å². The van der Waals surface area contributed by atoms with Crippen molar-refractivity contribution in [3.8, 4) is 6.07 Å². The van der Waals surface area contributed by atoms with Crippen molar-refractivity contribution in [3.05, 3.63) is 47.5 Å². The molecule has 0 spiro atoms. The van der Waals surface area contributed by atoms with E-state index in [9.17, 15) is 4.79 Å². The first-order valence-electron chi connectivity index (χ1n) is 4.67. The molecule has 0 N–H and O–H groups in total. The van der Waals surface area contributed by atoms with Gasteiger partial charge in [-0.25, -0.2) is 0 Å². The Morgan fingerprint density at radius 3 is 2.53 bits per heavy atom. The van der Waals surface area contributed by atoms with E-state index in [1.165, 1.54) is 0 Å². The van der Waals surface area contributed by atoms with Crippen molar-refractivity contribution in [2.75, 3.05) is 0 Å². The number of nitriles is 1. The maximum Gasteiger partial charge on any atom is 0.262 e. The first-order chi connectivity index (χ1) is 7.24. The van der Waals surface area contributed by atoms with Crippen molar-refractivity contribution in [1.29, 1.82) is 5.26 Å². The number of aryl methyl sites for hydroxylation is 1. The summed E-state index contributed by atoms with van der Waals surface area (Å²) in [6.07, 6.45) is 0. The highest BCUT2D eigenvalue weighted by molar-refractivity contribution is 6.16. The minimum absolute atomic E-state index is 0.477. The van der Waals surface area contributed by atoms with E-state index >= 15 is 0 Å². The van der Waals surface area contributed by atoms with Gasteiger partial charge in [-0.15, -0.1) is 0 Å². The molecule has 0 amide bonds. The van der Waals surface area contributed by atoms with Crippen LogP contribution in [0.25, 0.3) is 10.8 Å². The van der Waals surface area contributed by atoms with Gasteiger partial charge in [-0.2, -0.15) is 5.26 Å². The van der Waals surface area contributed by atoms with Crippen molar-refractivity contribution in [1.82, 2.24) is 0 Å². The number of nitrogens with zero attached hydrogens (tertiary/aromatic N) is 1. The molecule has 2 rings (SSSR count). The van der Waals surface area contributed by atoms with Crippen LogP contribution in [0.4, 0.5) is 0 Å². The zero-order valence-electron chi connectivity index (χ0n) is 8.32. The second-order valence-electron chi connectivity index (χ2n) is 3.42. The number of hydrogen-bond donors (Lipinski definition) is 0. The molecule has 15 heavy (non-hydrogen) atoms. The van der Waals surface area contributed by atoms with Gasteiger partial charge in [0, 0.05) is 5.56 Å². The number of carbonyl (C=O) groups is 1. The molecule has 0 unspecified atom stereocenters. The monoisotopic (exact) mass is 195 g/mol. The molecule has 2 heteroatoms. The van der Waals surface area contributed by atoms with E-state index in [2.05, 4.69) is 0 Å². The molecule has 0 aliphatic carbocycles. The minimum atomic E-state index is -0.477. The van der Waals surface area contributed by atoms with E-state index < -0.39 is 5.78 Å². The molecule has 0 aromatic heterocycles. The Morgan fingerprint density at radius 1 is 1.20 bits per heavy atom. The Bertz CT molecular complexity index is 573. The second kappa shape index (κ2) is 3.55. The number of carbonyl (C=O) groups excluding carboxylic acids is 1. The van der Waals surface area contributed by atoms with Gasteiger partial charge in [0.05, 0.1) is 0 Å². The lowest BCUT2D eigenvalue weighted by molar-refractivity contribution is 0.105. The first-order valence-corrected chi connectivity index (χ1v) is 4.67. The van der Waals surface area contributed by atoms with E-state index in [1.54, 1.807) is 18.2 Å². The Labute approximate surface area is 87.8 Å². The van der Waals surface area contributed by atoms with E-state index in [0.29, 0.717) is 5.56 Å². The first kappa shape index (κ1) is 9.42. The third-order valence-electron chi connectivity index (χ3n) is 2.46. The molecule has 0 fully saturated rings. The molecule has 72 valence electrons. The van der Waals surface area contributed by atoms with Crippen LogP contribution in [0, 0.1) is 18.3 Å². The Morgan fingerprint density at radius 2 is 1.87 bits per heavy atom. The number of ketones is 1. The number of hydrogen-bond acceptors (Lipinski definition) is 2. The van der Waals surface area contributed by atoms with E-state index in [1.807, 2.05) is 31.2 Å². The highest BCUT2D eigenvalue weighted by atomic mass is 16.1. The number of rotatable bonds is 1. The molecule has 0 saturated carbocycles. The van der Waals surface area contributed by atoms with Crippen LogP contribution in [0.2, 0.25) is 0 Å². The molecule has 0 aliphatic heterocycles. The van der Waals surface area contributed by atoms with Gasteiger partial charge in [-0.05, 0) is 29.3 Å². The third-order valence-corrected chi connectivity index (χ3v) is 2.46. The maximum absolute atomic E-state index is 11.4. The lowest BCUT2D eigenvalue weighted by atomic mass is 9.98. The van der Waals surface area contributed by atoms with Crippen LogP contribution < -0.4 is 0 Å². The molecule has 0 saturated heterocycles. The lowest BCUT2D eigenvalue weighted by Gasteiger charge is -2.04. The largest absolute Gasteiger partial charge is 0.277 e. The number of fused-ring (bicyclic) bond motifs is 1. The SMILES string of the molecule is Cc1cccc2cccc(C(=O)C#N)c12. The Kier molecular flexibility index (Phi) is 2.23. The maximum atomic E-state index is 11.4. The topological polar surface area (TPSA) is 40.9 Å². The van der Waals surface area contributed by atoms with Gasteiger partial charge in [0.1, 0.15) is 6.07 Å². The molecule has 2 aromatic rings. The third kappa shape index (κ3) is 1.49. The van der Waals surface area contributed by atoms with Crippen LogP contribution in [-0.2, 0) is 0 Å². The Hall–Kier alpha value is -2.14.